The van der Waals surface area contributed by atoms with Crippen LogP contribution in [0, 0.1) is 0 Å². The molecule has 1 aliphatic heterocycles. The first-order chi connectivity index (χ1) is 11.9. The quantitative estimate of drug-likeness (QED) is 0.466. The standard InChI is InChI=1S/C18H13Cl2NO4/c1-25-18(24)15-11-4-2-3-5-12(11)16(22)21(17(15)23)9-10-6-7-13(19)14(20)8-10/h2-8,15H,9H2,1H3. The minimum absolute atomic E-state index is 0.0175. The number of esters is 1. The van der Waals surface area contributed by atoms with Crippen LogP contribution in [0.5, 0.6) is 0 Å². The van der Waals surface area contributed by atoms with E-state index in [1.807, 2.05) is 0 Å². The van der Waals surface area contributed by atoms with Gasteiger partial charge in [-0.3, -0.25) is 19.3 Å². The molecule has 1 unspecified atom stereocenters. The van der Waals surface area contributed by atoms with E-state index in [0.29, 0.717) is 26.7 Å². The number of rotatable bonds is 3. The van der Waals surface area contributed by atoms with Gasteiger partial charge in [0, 0.05) is 5.56 Å². The Kier molecular flexibility index (Phi) is 4.79. The number of nitrogens with zero attached hydrogens (tertiary/aromatic N) is 1. The lowest BCUT2D eigenvalue weighted by molar-refractivity contribution is -0.149. The molecule has 0 fully saturated rings. The Morgan fingerprint density at radius 3 is 2.52 bits per heavy atom. The molecule has 7 heteroatoms. The van der Waals surface area contributed by atoms with Crippen LogP contribution in [0.1, 0.15) is 27.4 Å². The monoisotopic (exact) mass is 377 g/mol. The first-order valence-corrected chi connectivity index (χ1v) is 8.16. The molecule has 3 rings (SSSR count). The third-order valence-electron chi connectivity index (χ3n) is 4.02. The Morgan fingerprint density at radius 2 is 1.84 bits per heavy atom. The summed E-state index contributed by atoms with van der Waals surface area (Å²) >= 11 is 11.9. The third kappa shape index (κ3) is 3.13. The number of halogens is 2. The number of methoxy groups -OCH3 is 1. The molecule has 0 aliphatic carbocycles. The number of amides is 2. The Bertz CT molecular complexity index is 881. The largest absolute Gasteiger partial charge is 0.468 e. The van der Waals surface area contributed by atoms with Crippen molar-refractivity contribution in [3.8, 4) is 0 Å². The van der Waals surface area contributed by atoms with E-state index in [4.69, 9.17) is 27.9 Å². The molecule has 1 heterocycles. The van der Waals surface area contributed by atoms with Crippen LogP contribution in [0.3, 0.4) is 0 Å². The van der Waals surface area contributed by atoms with E-state index in [-0.39, 0.29) is 6.54 Å². The molecular weight excluding hydrogens is 365 g/mol. The van der Waals surface area contributed by atoms with Crippen molar-refractivity contribution in [3.63, 3.8) is 0 Å². The van der Waals surface area contributed by atoms with E-state index in [2.05, 4.69) is 0 Å². The topological polar surface area (TPSA) is 63.7 Å². The summed E-state index contributed by atoms with van der Waals surface area (Å²) in [5.74, 6) is -2.96. The maximum atomic E-state index is 12.8. The molecular formula is C18H13Cl2NO4. The van der Waals surface area contributed by atoms with Gasteiger partial charge in [0.05, 0.1) is 23.7 Å². The Balaban J connectivity index is 2.02. The van der Waals surface area contributed by atoms with Gasteiger partial charge in [0.2, 0.25) is 5.91 Å². The number of hydrogen-bond acceptors (Lipinski definition) is 4. The molecule has 1 atom stereocenters. The molecule has 128 valence electrons. The number of carbonyl (C=O) groups excluding carboxylic acids is 3. The van der Waals surface area contributed by atoms with Crippen LogP contribution in [-0.4, -0.2) is 29.8 Å². The highest BCUT2D eigenvalue weighted by Gasteiger charge is 2.43. The normalized spacial score (nSPS) is 16.6. The summed E-state index contributed by atoms with van der Waals surface area (Å²) in [6, 6.07) is 11.4. The number of hydrogen-bond donors (Lipinski definition) is 0. The zero-order chi connectivity index (χ0) is 18.1. The molecule has 5 nitrogen and oxygen atoms in total. The van der Waals surface area contributed by atoms with Gasteiger partial charge in [-0.2, -0.15) is 0 Å². The van der Waals surface area contributed by atoms with Crippen molar-refractivity contribution in [1.82, 2.24) is 4.90 Å². The van der Waals surface area contributed by atoms with Gasteiger partial charge in [-0.1, -0.05) is 47.5 Å². The maximum absolute atomic E-state index is 12.8. The van der Waals surface area contributed by atoms with Crippen LogP contribution >= 0.6 is 23.2 Å². The number of carbonyl (C=O) groups is 3. The highest BCUT2D eigenvalue weighted by Crippen LogP contribution is 2.32. The van der Waals surface area contributed by atoms with Gasteiger partial charge in [-0.25, -0.2) is 0 Å². The zero-order valence-electron chi connectivity index (χ0n) is 13.2. The lowest BCUT2D eigenvalue weighted by Gasteiger charge is -2.31. The van der Waals surface area contributed by atoms with Gasteiger partial charge in [-0.15, -0.1) is 0 Å². The van der Waals surface area contributed by atoms with Gasteiger partial charge in [0.1, 0.15) is 0 Å². The Morgan fingerprint density at radius 1 is 1.12 bits per heavy atom. The molecule has 0 N–H and O–H groups in total. The maximum Gasteiger partial charge on any atom is 0.322 e. The van der Waals surface area contributed by atoms with Crippen molar-refractivity contribution in [2.24, 2.45) is 0 Å². The Hall–Kier alpha value is -2.37. The van der Waals surface area contributed by atoms with E-state index in [1.165, 1.54) is 7.11 Å². The predicted molar refractivity (Wildman–Crippen MR) is 92.5 cm³/mol. The highest BCUT2D eigenvalue weighted by atomic mass is 35.5. The van der Waals surface area contributed by atoms with E-state index < -0.39 is 23.7 Å². The van der Waals surface area contributed by atoms with Gasteiger partial charge in [0.15, 0.2) is 5.92 Å². The van der Waals surface area contributed by atoms with Crippen molar-refractivity contribution in [3.05, 3.63) is 69.2 Å². The zero-order valence-corrected chi connectivity index (χ0v) is 14.7. The predicted octanol–water partition coefficient (Wildman–Crippen LogP) is 3.43. The fraction of sp³-hybridized carbons (Fsp3) is 0.167. The number of ether oxygens (including phenoxy) is 1. The number of imide groups is 1. The first kappa shape index (κ1) is 17.5. The summed E-state index contributed by atoms with van der Waals surface area (Å²) in [6.07, 6.45) is 0. The molecule has 0 saturated heterocycles. The first-order valence-electron chi connectivity index (χ1n) is 7.40. The van der Waals surface area contributed by atoms with E-state index >= 15 is 0 Å². The smallest absolute Gasteiger partial charge is 0.322 e. The van der Waals surface area contributed by atoms with Crippen molar-refractivity contribution < 1.29 is 19.1 Å². The molecule has 0 saturated carbocycles. The molecule has 2 aromatic carbocycles. The van der Waals surface area contributed by atoms with Crippen molar-refractivity contribution in [1.29, 1.82) is 0 Å². The molecule has 0 spiro atoms. The van der Waals surface area contributed by atoms with Crippen LogP contribution in [0.25, 0.3) is 0 Å². The fourth-order valence-corrected chi connectivity index (χ4v) is 3.11. The molecule has 25 heavy (non-hydrogen) atoms. The summed E-state index contributed by atoms with van der Waals surface area (Å²) in [7, 11) is 1.21. The van der Waals surface area contributed by atoms with Gasteiger partial charge in [0.25, 0.3) is 5.91 Å². The second kappa shape index (κ2) is 6.86. The number of benzene rings is 2. The lowest BCUT2D eigenvalue weighted by Crippen LogP contribution is -2.46. The summed E-state index contributed by atoms with van der Waals surface area (Å²) in [6.45, 7) is -0.0175. The molecule has 2 aromatic rings. The van der Waals surface area contributed by atoms with Crippen LogP contribution in [0.15, 0.2) is 42.5 Å². The van der Waals surface area contributed by atoms with Crippen molar-refractivity contribution in [2.75, 3.05) is 7.11 Å². The molecule has 2 amide bonds. The summed E-state index contributed by atoms with van der Waals surface area (Å²) in [5.41, 5.74) is 1.28. The lowest BCUT2D eigenvalue weighted by atomic mass is 9.88. The van der Waals surface area contributed by atoms with Crippen molar-refractivity contribution in [2.45, 2.75) is 12.5 Å². The number of fused-ring (bicyclic) bond motifs is 1. The van der Waals surface area contributed by atoms with Crippen LogP contribution in [-0.2, 0) is 20.9 Å². The summed E-state index contributed by atoms with van der Waals surface area (Å²) in [4.78, 5) is 38.7. The van der Waals surface area contributed by atoms with Crippen LogP contribution in [0.4, 0.5) is 0 Å². The van der Waals surface area contributed by atoms with E-state index in [9.17, 15) is 14.4 Å². The van der Waals surface area contributed by atoms with E-state index in [0.717, 1.165) is 4.90 Å². The minimum atomic E-state index is -1.17. The Labute approximate surface area is 154 Å². The third-order valence-corrected chi connectivity index (χ3v) is 4.76. The second-order valence-electron chi connectivity index (χ2n) is 5.52. The van der Waals surface area contributed by atoms with Crippen LogP contribution < -0.4 is 0 Å². The fourth-order valence-electron chi connectivity index (χ4n) is 2.79. The van der Waals surface area contributed by atoms with Gasteiger partial charge in [-0.05, 0) is 29.3 Å². The summed E-state index contributed by atoms with van der Waals surface area (Å²) in [5, 5.41) is 0.695. The highest BCUT2D eigenvalue weighted by molar-refractivity contribution is 6.42. The van der Waals surface area contributed by atoms with Gasteiger partial charge < -0.3 is 4.74 Å². The summed E-state index contributed by atoms with van der Waals surface area (Å²) < 4.78 is 4.75. The molecule has 0 aromatic heterocycles. The SMILES string of the molecule is COC(=O)C1C(=O)N(Cc2ccc(Cl)c(Cl)c2)C(=O)c2ccccc21. The molecule has 0 bridgehead atoms. The second-order valence-corrected chi connectivity index (χ2v) is 6.34. The van der Waals surface area contributed by atoms with Crippen LogP contribution in [0.2, 0.25) is 10.0 Å². The van der Waals surface area contributed by atoms with E-state index in [1.54, 1.807) is 42.5 Å². The average molecular weight is 378 g/mol. The molecule has 1 aliphatic rings. The van der Waals surface area contributed by atoms with Gasteiger partial charge >= 0.3 is 5.97 Å². The van der Waals surface area contributed by atoms with Crippen molar-refractivity contribution >= 4 is 41.0 Å². The minimum Gasteiger partial charge on any atom is -0.468 e. The molecule has 0 radical (unpaired) electrons. The average Bonchev–Trinajstić information content (AvgIpc) is 2.61.